The third-order valence-corrected chi connectivity index (χ3v) is 6.84. The van der Waals surface area contributed by atoms with E-state index in [0.29, 0.717) is 5.69 Å². The van der Waals surface area contributed by atoms with Crippen LogP contribution in [0.5, 0.6) is 0 Å². The summed E-state index contributed by atoms with van der Waals surface area (Å²) in [6.07, 6.45) is -1.27. The van der Waals surface area contributed by atoms with Gasteiger partial charge in [0, 0.05) is 5.56 Å². The van der Waals surface area contributed by atoms with Crippen molar-refractivity contribution in [3.8, 4) is 0 Å². The first-order valence-electron chi connectivity index (χ1n) is 8.10. The number of nitrogens with zero attached hydrogens (tertiary/aromatic N) is 2. The maximum Gasteiger partial charge on any atom is 0.416 e. The highest BCUT2D eigenvalue weighted by atomic mass is 32.2. The van der Waals surface area contributed by atoms with Crippen molar-refractivity contribution in [1.82, 2.24) is 14.5 Å². The molecule has 0 spiro atoms. The SMILES string of the molecule is O=S(=O)(c1ccc(C(F)(F)F)cc1)N1C(CO)c2[nH]ncc2[C@H]1C1CC1. The highest BCUT2D eigenvalue weighted by Gasteiger charge is 2.52. The summed E-state index contributed by atoms with van der Waals surface area (Å²) in [5.74, 6) is 0.118. The number of sulfonamides is 1. The first-order chi connectivity index (χ1) is 12.2. The number of rotatable bonds is 4. The number of alkyl halides is 3. The van der Waals surface area contributed by atoms with Crippen LogP contribution >= 0.6 is 0 Å². The van der Waals surface area contributed by atoms with Crippen molar-refractivity contribution in [2.75, 3.05) is 6.61 Å². The van der Waals surface area contributed by atoms with Gasteiger partial charge in [-0.3, -0.25) is 5.10 Å². The molecule has 1 unspecified atom stereocenters. The molecular weight excluding hydrogens is 371 g/mol. The molecule has 1 aromatic heterocycles. The van der Waals surface area contributed by atoms with Crippen LogP contribution in [0.4, 0.5) is 13.2 Å². The zero-order valence-corrected chi connectivity index (χ0v) is 14.3. The highest BCUT2D eigenvalue weighted by Crippen LogP contribution is 2.54. The van der Waals surface area contributed by atoms with Gasteiger partial charge in [-0.25, -0.2) is 8.42 Å². The number of aromatic amines is 1. The molecule has 1 aromatic carbocycles. The Kier molecular flexibility index (Phi) is 3.90. The van der Waals surface area contributed by atoms with E-state index in [4.69, 9.17) is 0 Å². The number of aliphatic hydroxyl groups is 1. The number of nitrogens with one attached hydrogen (secondary N) is 1. The summed E-state index contributed by atoms with van der Waals surface area (Å²) in [6, 6.07) is 2.13. The molecule has 26 heavy (non-hydrogen) atoms. The van der Waals surface area contributed by atoms with E-state index in [1.165, 1.54) is 4.31 Å². The first-order valence-corrected chi connectivity index (χ1v) is 9.54. The maximum atomic E-state index is 13.2. The molecule has 1 fully saturated rings. The second-order valence-corrected chi connectivity index (χ2v) is 8.42. The second kappa shape index (κ2) is 5.80. The average molecular weight is 387 g/mol. The molecule has 0 amide bonds. The molecule has 0 saturated heterocycles. The Morgan fingerprint density at radius 1 is 1.23 bits per heavy atom. The molecule has 2 heterocycles. The third kappa shape index (κ3) is 2.63. The van der Waals surface area contributed by atoms with E-state index >= 15 is 0 Å². The van der Waals surface area contributed by atoms with E-state index in [2.05, 4.69) is 10.2 Å². The van der Waals surface area contributed by atoms with Crippen molar-refractivity contribution in [1.29, 1.82) is 0 Å². The molecular formula is C16H16F3N3O3S. The van der Waals surface area contributed by atoms with Gasteiger partial charge in [0.2, 0.25) is 10.0 Å². The number of benzene rings is 1. The minimum Gasteiger partial charge on any atom is -0.394 e. The van der Waals surface area contributed by atoms with Gasteiger partial charge in [0.05, 0.1) is 41.0 Å². The highest BCUT2D eigenvalue weighted by molar-refractivity contribution is 7.89. The lowest BCUT2D eigenvalue weighted by Gasteiger charge is -2.29. The number of fused-ring (bicyclic) bond motifs is 1. The van der Waals surface area contributed by atoms with Gasteiger partial charge < -0.3 is 5.11 Å². The van der Waals surface area contributed by atoms with Crippen LogP contribution in [-0.2, 0) is 16.2 Å². The minimum absolute atomic E-state index is 0.118. The van der Waals surface area contributed by atoms with Gasteiger partial charge in [0.25, 0.3) is 0 Å². The van der Waals surface area contributed by atoms with E-state index < -0.39 is 40.5 Å². The van der Waals surface area contributed by atoms with Crippen LogP contribution in [0.3, 0.4) is 0 Å². The molecule has 1 aliphatic heterocycles. The van der Waals surface area contributed by atoms with E-state index in [1.807, 2.05) is 0 Å². The molecule has 0 bridgehead atoms. The van der Waals surface area contributed by atoms with Crippen molar-refractivity contribution in [3.05, 3.63) is 47.3 Å². The van der Waals surface area contributed by atoms with E-state index in [0.717, 1.165) is 42.7 Å². The predicted molar refractivity (Wildman–Crippen MR) is 84.3 cm³/mol. The van der Waals surface area contributed by atoms with Gasteiger partial charge in [-0.05, 0) is 43.0 Å². The second-order valence-electron chi connectivity index (χ2n) is 6.58. The van der Waals surface area contributed by atoms with Crippen molar-refractivity contribution in [2.24, 2.45) is 5.92 Å². The van der Waals surface area contributed by atoms with Crippen LogP contribution in [0.1, 0.15) is 41.7 Å². The summed E-state index contributed by atoms with van der Waals surface area (Å²) in [5.41, 5.74) is 0.353. The van der Waals surface area contributed by atoms with Crippen LogP contribution in [0, 0.1) is 5.92 Å². The fourth-order valence-electron chi connectivity index (χ4n) is 3.57. The quantitative estimate of drug-likeness (QED) is 0.845. The van der Waals surface area contributed by atoms with Crippen LogP contribution in [-0.4, -0.2) is 34.6 Å². The molecule has 1 saturated carbocycles. The van der Waals surface area contributed by atoms with E-state index in [9.17, 15) is 26.7 Å². The van der Waals surface area contributed by atoms with Crippen LogP contribution < -0.4 is 0 Å². The topological polar surface area (TPSA) is 86.3 Å². The molecule has 10 heteroatoms. The Morgan fingerprint density at radius 3 is 2.42 bits per heavy atom. The number of H-pyrrole nitrogens is 1. The Hall–Kier alpha value is -1.91. The molecule has 6 nitrogen and oxygen atoms in total. The average Bonchev–Trinajstić information content (AvgIpc) is 3.21. The normalized spacial score (nSPS) is 24.0. The molecule has 2 aromatic rings. The van der Waals surface area contributed by atoms with Gasteiger partial charge in [-0.1, -0.05) is 0 Å². The number of aromatic nitrogens is 2. The number of halogens is 3. The maximum absolute atomic E-state index is 13.2. The molecule has 2 atom stereocenters. The fourth-order valence-corrected chi connectivity index (χ4v) is 5.38. The Labute approximate surface area is 147 Å². The monoisotopic (exact) mass is 387 g/mol. The lowest BCUT2D eigenvalue weighted by molar-refractivity contribution is -0.137. The standard InChI is InChI=1S/C16H16F3N3O3S/c17-16(18,19)10-3-5-11(6-4-10)26(24,25)22-13(8-23)14-12(7-20-21-14)15(22)9-1-2-9/h3-7,9,13,15,23H,1-2,8H2,(H,20,21)/t13?,15-/m1/s1. The molecule has 4 rings (SSSR count). The van der Waals surface area contributed by atoms with Gasteiger partial charge in [0.1, 0.15) is 0 Å². The van der Waals surface area contributed by atoms with Gasteiger partial charge in [-0.15, -0.1) is 0 Å². The Balaban J connectivity index is 1.76. The van der Waals surface area contributed by atoms with Crippen LogP contribution in [0.25, 0.3) is 0 Å². The van der Waals surface area contributed by atoms with E-state index in [1.54, 1.807) is 6.20 Å². The van der Waals surface area contributed by atoms with Gasteiger partial charge >= 0.3 is 6.18 Å². The van der Waals surface area contributed by atoms with Crippen molar-refractivity contribution in [3.63, 3.8) is 0 Å². The zero-order valence-electron chi connectivity index (χ0n) is 13.4. The van der Waals surface area contributed by atoms with Crippen LogP contribution in [0.2, 0.25) is 0 Å². The lowest BCUT2D eigenvalue weighted by atomic mass is 10.1. The third-order valence-electron chi connectivity index (χ3n) is 4.93. The van der Waals surface area contributed by atoms with Gasteiger partial charge in [-0.2, -0.15) is 22.6 Å². The lowest BCUT2D eigenvalue weighted by Crippen LogP contribution is -2.36. The van der Waals surface area contributed by atoms with Crippen molar-refractivity contribution in [2.45, 2.75) is 36.0 Å². The summed E-state index contributed by atoms with van der Waals surface area (Å²) >= 11 is 0. The molecule has 2 aliphatic rings. The Bertz CT molecular complexity index is 920. The van der Waals surface area contributed by atoms with Gasteiger partial charge in [0.15, 0.2) is 0 Å². The first kappa shape index (κ1) is 17.5. The summed E-state index contributed by atoms with van der Waals surface area (Å²) in [4.78, 5) is -0.229. The van der Waals surface area contributed by atoms with Crippen molar-refractivity contribution < 1.29 is 26.7 Å². The number of hydrogen-bond donors (Lipinski definition) is 2. The summed E-state index contributed by atoms with van der Waals surface area (Å²) < 4.78 is 65.8. The number of aliphatic hydroxyl groups excluding tert-OH is 1. The summed E-state index contributed by atoms with van der Waals surface area (Å²) in [5, 5.41) is 16.5. The molecule has 0 radical (unpaired) electrons. The Morgan fingerprint density at radius 2 is 1.88 bits per heavy atom. The smallest absolute Gasteiger partial charge is 0.394 e. The minimum atomic E-state index is -4.54. The largest absolute Gasteiger partial charge is 0.416 e. The summed E-state index contributed by atoms with van der Waals surface area (Å²) in [6.45, 7) is -0.446. The molecule has 1 aliphatic carbocycles. The van der Waals surface area contributed by atoms with E-state index in [-0.39, 0.29) is 10.8 Å². The zero-order chi connectivity index (χ0) is 18.7. The predicted octanol–water partition coefficient (Wildman–Crippen LogP) is 2.62. The number of hydrogen-bond acceptors (Lipinski definition) is 4. The van der Waals surface area contributed by atoms with Crippen LogP contribution in [0.15, 0.2) is 35.4 Å². The fraction of sp³-hybridized carbons (Fsp3) is 0.438. The van der Waals surface area contributed by atoms with Crippen molar-refractivity contribution >= 4 is 10.0 Å². The summed E-state index contributed by atoms with van der Waals surface area (Å²) in [7, 11) is -4.10. The molecule has 140 valence electrons. The molecule has 2 N–H and O–H groups in total.